The molecule has 0 fully saturated rings. The van der Waals surface area contributed by atoms with Gasteiger partial charge in [-0.15, -0.1) is 6.34 Å². The summed E-state index contributed by atoms with van der Waals surface area (Å²) in [5, 5.41) is 6.32. The van der Waals surface area contributed by atoms with Gasteiger partial charge in [0.05, 0.1) is 0 Å². The van der Waals surface area contributed by atoms with E-state index >= 15 is 0 Å². The van der Waals surface area contributed by atoms with Gasteiger partial charge in [0.25, 0.3) is 0 Å². The molecular formula is C3H5LiN4. The van der Waals surface area contributed by atoms with Gasteiger partial charge in [-0.05, 0) is 0 Å². The first-order chi connectivity index (χ1) is 3.41. The van der Waals surface area contributed by atoms with E-state index < -0.39 is 0 Å². The molecule has 0 saturated heterocycles. The van der Waals surface area contributed by atoms with Crippen molar-refractivity contribution in [1.29, 1.82) is 5.41 Å². The van der Waals surface area contributed by atoms with Crippen LogP contribution in [0.25, 0.3) is 5.73 Å². The molecular weight excluding hydrogens is 99.0 g/mol. The summed E-state index contributed by atoms with van der Waals surface area (Å²) in [6.07, 6.45) is 2.83. The number of rotatable bonds is 2. The third-order valence-electron chi connectivity index (χ3n) is 0.282. The Bertz CT molecular complexity index is 97.5. The molecule has 0 radical (unpaired) electrons. The molecule has 0 amide bonds. The van der Waals surface area contributed by atoms with Crippen molar-refractivity contribution in [2.45, 2.75) is 0 Å². The first-order valence-corrected chi connectivity index (χ1v) is 1.61. The van der Waals surface area contributed by atoms with Crippen LogP contribution in [0, 0.1) is 5.41 Å². The van der Waals surface area contributed by atoms with Gasteiger partial charge in [0.1, 0.15) is 6.34 Å². The molecule has 4 nitrogen and oxygen atoms in total. The predicted molar refractivity (Wildman–Crippen MR) is 30.1 cm³/mol. The average molecular weight is 104 g/mol. The molecule has 5 heteroatoms. The number of nitrogens with zero attached hydrogens (tertiary/aromatic N) is 2. The second kappa shape index (κ2) is 9.64. The normalized spacial score (nSPS) is 9.50. The van der Waals surface area contributed by atoms with Crippen molar-refractivity contribution in [2.75, 3.05) is 0 Å². The first-order valence-electron chi connectivity index (χ1n) is 1.61. The van der Waals surface area contributed by atoms with Gasteiger partial charge in [0.15, 0.2) is 0 Å². The quantitative estimate of drug-likeness (QED) is 0.232. The smallest absolute Gasteiger partial charge is 0.488 e. The van der Waals surface area contributed by atoms with E-state index in [1.54, 1.807) is 0 Å². The molecule has 0 atom stereocenters. The zero-order valence-corrected chi connectivity index (χ0v) is 4.63. The molecule has 0 aromatic rings. The van der Waals surface area contributed by atoms with Crippen LogP contribution in [0.5, 0.6) is 0 Å². The van der Waals surface area contributed by atoms with Crippen LogP contribution in [0.4, 0.5) is 0 Å². The van der Waals surface area contributed by atoms with E-state index in [2.05, 4.69) is 9.98 Å². The molecule has 0 bridgehead atoms. The summed E-state index contributed by atoms with van der Waals surface area (Å²) in [5.74, 6) is 0. The van der Waals surface area contributed by atoms with Gasteiger partial charge in [-0.25, -0.2) is 4.99 Å². The SMILES string of the molecule is N=CN=CN=C[NH-].[Li+]. The molecule has 0 heterocycles. The van der Waals surface area contributed by atoms with E-state index in [0.29, 0.717) is 0 Å². The van der Waals surface area contributed by atoms with E-state index in [0.717, 1.165) is 19.0 Å². The molecule has 0 aromatic carbocycles. The van der Waals surface area contributed by atoms with Crippen molar-refractivity contribution in [1.82, 2.24) is 0 Å². The molecule has 0 aliphatic carbocycles. The molecule has 38 valence electrons. The summed E-state index contributed by atoms with van der Waals surface area (Å²) < 4.78 is 0. The van der Waals surface area contributed by atoms with Gasteiger partial charge in [0.2, 0.25) is 0 Å². The number of nitrogens with one attached hydrogen (secondary N) is 2. The Kier molecular flexibility index (Phi) is 12.5. The van der Waals surface area contributed by atoms with Crippen molar-refractivity contribution >= 4 is 19.0 Å². The summed E-state index contributed by atoms with van der Waals surface area (Å²) in [6, 6.07) is 0. The topological polar surface area (TPSA) is 72.4 Å². The van der Waals surface area contributed by atoms with Crippen LogP contribution < -0.4 is 18.9 Å². The summed E-state index contributed by atoms with van der Waals surface area (Å²) in [7, 11) is 0. The monoisotopic (exact) mass is 104 g/mol. The van der Waals surface area contributed by atoms with Crippen molar-refractivity contribution in [3.05, 3.63) is 5.73 Å². The number of aliphatic imine (C=N–C) groups is 2. The van der Waals surface area contributed by atoms with Crippen molar-refractivity contribution in [2.24, 2.45) is 9.98 Å². The van der Waals surface area contributed by atoms with Crippen LogP contribution >= 0.6 is 0 Å². The van der Waals surface area contributed by atoms with E-state index in [4.69, 9.17) is 11.1 Å². The van der Waals surface area contributed by atoms with Crippen LogP contribution in [0.3, 0.4) is 0 Å². The minimum atomic E-state index is 0. The zero-order valence-electron chi connectivity index (χ0n) is 4.63. The Balaban J connectivity index is 0. The maximum atomic E-state index is 6.32. The summed E-state index contributed by atoms with van der Waals surface area (Å²) >= 11 is 0. The average Bonchev–Trinajstić information content (AvgIpc) is 1.69. The van der Waals surface area contributed by atoms with Gasteiger partial charge in [0, 0.05) is 6.34 Å². The first kappa shape index (κ1) is 10.4. The fourth-order valence-electron chi connectivity index (χ4n) is 0.105. The van der Waals surface area contributed by atoms with Crippen LogP contribution in [-0.2, 0) is 0 Å². The van der Waals surface area contributed by atoms with Crippen LogP contribution in [0.2, 0.25) is 0 Å². The third-order valence-corrected chi connectivity index (χ3v) is 0.282. The Morgan fingerprint density at radius 3 is 2.38 bits per heavy atom. The van der Waals surface area contributed by atoms with E-state index in [-0.39, 0.29) is 18.9 Å². The van der Waals surface area contributed by atoms with Crippen LogP contribution in [-0.4, -0.2) is 19.0 Å². The molecule has 0 unspecified atom stereocenters. The summed E-state index contributed by atoms with van der Waals surface area (Å²) in [6.45, 7) is 0. The molecule has 0 rings (SSSR count). The van der Waals surface area contributed by atoms with E-state index in [1.807, 2.05) is 0 Å². The Hall–Kier alpha value is -0.593. The summed E-state index contributed by atoms with van der Waals surface area (Å²) in [4.78, 5) is 6.52. The second-order valence-corrected chi connectivity index (χ2v) is 0.672. The van der Waals surface area contributed by atoms with Gasteiger partial charge in [-0.1, -0.05) is 0 Å². The third kappa shape index (κ3) is 9.05. The van der Waals surface area contributed by atoms with Crippen molar-refractivity contribution < 1.29 is 18.9 Å². The summed E-state index contributed by atoms with van der Waals surface area (Å²) in [5.41, 5.74) is 6.32. The molecule has 0 aliphatic rings. The fraction of sp³-hybridized carbons (Fsp3) is 0. The van der Waals surface area contributed by atoms with Crippen molar-refractivity contribution in [3.63, 3.8) is 0 Å². The molecule has 0 aliphatic heterocycles. The maximum absolute atomic E-state index is 6.32. The van der Waals surface area contributed by atoms with Gasteiger partial charge < -0.3 is 10.7 Å². The molecule has 0 saturated carbocycles. The van der Waals surface area contributed by atoms with E-state index in [1.165, 1.54) is 0 Å². The Morgan fingerprint density at radius 1 is 1.38 bits per heavy atom. The Morgan fingerprint density at radius 2 is 2.00 bits per heavy atom. The zero-order chi connectivity index (χ0) is 5.54. The standard InChI is InChI=1S/C3H5N4.Li/c4-1-6-3-7-2-5;/h1-3H,(H2-,4,5,6,7);/q-1;+1. The number of hydrogen-bond donors (Lipinski definition) is 1. The Labute approximate surface area is 59.6 Å². The fourth-order valence-corrected chi connectivity index (χ4v) is 0.105. The van der Waals surface area contributed by atoms with Gasteiger partial charge in [-0.2, -0.15) is 0 Å². The van der Waals surface area contributed by atoms with Crippen LogP contribution in [0.15, 0.2) is 9.98 Å². The minimum absolute atomic E-state index is 0. The molecule has 0 aromatic heterocycles. The molecule has 2 N–H and O–H groups in total. The molecule has 8 heavy (non-hydrogen) atoms. The van der Waals surface area contributed by atoms with Crippen molar-refractivity contribution in [3.8, 4) is 0 Å². The van der Waals surface area contributed by atoms with E-state index in [9.17, 15) is 0 Å². The molecule has 0 spiro atoms. The number of hydrogen-bond acceptors (Lipinski definition) is 1. The predicted octanol–water partition coefficient (Wildman–Crippen LogP) is -2.29. The van der Waals surface area contributed by atoms with Gasteiger partial charge in [-0.3, -0.25) is 5.41 Å². The largest absolute Gasteiger partial charge is 1.00 e. The van der Waals surface area contributed by atoms with Crippen LogP contribution in [0.1, 0.15) is 0 Å². The minimum Gasteiger partial charge on any atom is -0.488 e. The second-order valence-electron chi connectivity index (χ2n) is 0.672. The maximum Gasteiger partial charge on any atom is 1.00 e. The van der Waals surface area contributed by atoms with Gasteiger partial charge >= 0.3 is 18.9 Å².